The van der Waals surface area contributed by atoms with Crippen molar-refractivity contribution >= 4 is 0 Å². The number of azide groups is 1. The van der Waals surface area contributed by atoms with Crippen LogP contribution in [0.1, 0.15) is 19.4 Å². The normalized spacial score (nSPS) is 32.0. The second-order valence-electron chi connectivity index (χ2n) is 6.62. The van der Waals surface area contributed by atoms with Gasteiger partial charge in [0, 0.05) is 4.91 Å². The fourth-order valence-electron chi connectivity index (χ4n) is 3.12. The molecule has 0 amide bonds. The van der Waals surface area contributed by atoms with Crippen molar-refractivity contribution in [3.63, 3.8) is 0 Å². The van der Waals surface area contributed by atoms with Crippen molar-refractivity contribution in [3.05, 3.63) is 56.5 Å². The van der Waals surface area contributed by atoms with Crippen LogP contribution in [0.4, 0.5) is 0 Å². The summed E-state index contributed by atoms with van der Waals surface area (Å²) in [6.45, 7) is 3.80. The van der Waals surface area contributed by atoms with Crippen molar-refractivity contribution in [1.82, 2.24) is 0 Å². The summed E-state index contributed by atoms with van der Waals surface area (Å²) in [5, 5.41) is 13.5. The van der Waals surface area contributed by atoms with Gasteiger partial charge < -0.3 is 18.9 Å². The number of fused-ring (bicyclic) bond motifs is 1. The summed E-state index contributed by atoms with van der Waals surface area (Å²) < 4.78 is 23.1. The average molecular weight is 380 g/mol. The van der Waals surface area contributed by atoms with Crippen LogP contribution in [0.15, 0.2) is 35.4 Å². The van der Waals surface area contributed by atoms with E-state index in [9.17, 15) is 10.1 Å². The Morgan fingerprint density at radius 3 is 2.81 bits per heavy atom. The van der Waals surface area contributed by atoms with Gasteiger partial charge in [0.1, 0.15) is 18.2 Å². The first-order chi connectivity index (χ1) is 12.9. The summed E-state index contributed by atoms with van der Waals surface area (Å²) in [6, 6.07) is 8.24. The maximum Gasteiger partial charge on any atom is 0.297 e. The van der Waals surface area contributed by atoms with Crippen molar-refractivity contribution in [2.45, 2.75) is 56.9 Å². The summed E-state index contributed by atoms with van der Waals surface area (Å²) in [7, 11) is 0. The maximum absolute atomic E-state index is 10.8. The molecule has 3 rings (SSSR count). The highest BCUT2D eigenvalue weighted by Crippen LogP contribution is 2.35. The molecule has 1 aromatic rings. The Hall–Kier alpha value is -2.43. The summed E-state index contributed by atoms with van der Waals surface area (Å²) in [5.41, 5.74) is 9.82. The van der Waals surface area contributed by atoms with Crippen LogP contribution in [0.5, 0.6) is 0 Å². The zero-order valence-corrected chi connectivity index (χ0v) is 14.8. The summed E-state index contributed by atoms with van der Waals surface area (Å²) >= 11 is 0. The van der Waals surface area contributed by atoms with Crippen LogP contribution in [-0.2, 0) is 30.4 Å². The molecule has 2 fully saturated rings. The monoisotopic (exact) mass is 380 g/mol. The number of hydrogen-bond acceptors (Lipinski definition) is 8. The smallest absolute Gasteiger partial charge is 0.297 e. The third-order valence-electron chi connectivity index (χ3n) is 4.29. The number of nitrogens with zero attached hydrogens (tertiary/aromatic N) is 4. The molecule has 27 heavy (non-hydrogen) atoms. The number of benzene rings is 1. The second kappa shape index (κ2) is 8.07. The Bertz CT molecular complexity index is 710. The molecule has 2 aliphatic heterocycles. The van der Waals surface area contributed by atoms with Crippen LogP contribution in [0, 0.1) is 10.1 Å². The maximum atomic E-state index is 10.8. The lowest BCUT2D eigenvalue weighted by Gasteiger charge is -2.49. The highest BCUT2D eigenvalue weighted by atomic mass is 17.0. The van der Waals surface area contributed by atoms with Crippen LogP contribution in [0.25, 0.3) is 10.4 Å². The Labute approximate surface area is 154 Å². The Balaban J connectivity index is 1.86. The van der Waals surface area contributed by atoms with Gasteiger partial charge in [-0.05, 0) is 24.9 Å². The molecule has 5 atom stereocenters. The zero-order chi connectivity index (χ0) is 19.4. The lowest BCUT2D eigenvalue weighted by atomic mass is 9.95. The highest BCUT2D eigenvalue weighted by molar-refractivity contribution is 5.13. The minimum atomic E-state index is -1.42. The van der Waals surface area contributed by atoms with E-state index in [-0.39, 0.29) is 13.2 Å². The first-order valence-electron chi connectivity index (χ1n) is 8.38. The van der Waals surface area contributed by atoms with Crippen LogP contribution in [0.2, 0.25) is 0 Å². The fourth-order valence-corrected chi connectivity index (χ4v) is 3.12. The third kappa shape index (κ3) is 4.65. The zero-order valence-electron chi connectivity index (χ0n) is 14.8. The Morgan fingerprint density at radius 2 is 2.15 bits per heavy atom. The van der Waals surface area contributed by atoms with Gasteiger partial charge in [0.05, 0.1) is 19.3 Å². The van der Waals surface area contributed by atoms with Crippen LogP contribution < -0.4 is 0 Å². The van der Waals surface area contributed by atoms with E-state index in [1.807, 2.05) is 30.3 Å². The van der Waals surface area contributed by atoms with Crippen LogP contribution in [-0.4, -0.2) is 48.1 Å². The summed E-state index contributed by atoms with van der Waals surface area (Å²) in [5.74, 6) is -0.906. The van der Waals surface area contributed by atoms with Gasteiger partial charge in [-0.3, -0.25) is 4.84 Å². The molecule has 1 aromatic carbocycles. The molecule has 0 radical (unpaired) electrons. The van der Waals surface area contributed by atoms with Crippen LogP contribution in [0.3, 0.4) is 0 Å². The van der Waals surface area contributed by atoms with Gasteiger partial charge >= 0.3 is 0 Å². The van der Waals surface area contributed by atoms with Gasteiger partial charge in [-0.25, -0.2) is 0 Å². The van der Waals surface area contributed by atoms with E-state index in [1.54, 1.807) is 13.8 Å². The standard InChI is InChI=1S/C16H20N4O7/c1-16(2)24-9-11-13(26-16)14(23-8-10-6-4-3-5-7-10)12(18-19-17)15(25-11)27-20(21)22/h3-7,11-15H,8-9H2,1-2H3/t11-,12-,13-,14-,15+/m1/s1. The van der Waals surface area contributed by atoms with E-state index >= 15 is 0 Å². The average Bonchev–Trinajstić information content (AvgIpc) is 2.62. The van der Waals surface area contributed by atoms with E-state index in [4.69, 9.17) is 24.5 Å². The number of hydrogen-bond donors (Lipinski definition) is 0. The van der Waals surface area contributed by atoms with Crippen molar-refractivity contribution in [2.75, 3.05) is 6.61 Å². The first kappa shape index (κ1) is 19.3. The van der Waals surface area contributed by atoms with Crippen molar-refractivity contribution < 1.29 is 28.9 Å². The molecule has 0 saturated carbocycles. The molecule has 2 saturated heterocycles. The molecule has 0 N–H and O–H groups in total. The minimum Gasteiger partial charge on any atom is -0.370 e. The SMILES string of the molecule is CC1(C)OC[C@H]2O[C@@H](O[N+](=O)[O-])[C@H](N=[N+]=[N-])[C@@H](OCc3ccccc3)[C@@H]2O1. The molecule has 0 aliphatic carbocycles. The van der Waals surface area contributed by atoms with Crippen molar-refractivity contribution in [3.8, 4) is 0 Å². The van der Waals surface area contributed by atoms with Gasteiger partial charge in [0.25, 0.3) is 5.09 Å². The molecule has 11 heteroatoms. The van der Waals surface area contributed by atoms with Gasteiger partial charge in [-0.15, -0.1) is 10.1 Å². The molecular formula is C16H20N4O7. The van der Waals surface area contributed by atoms with E-state index in [0.717, 1.165) is 5.56 Å². The van der Waals surface area contributed by atoms with Gasteiger partial charge in [0.2, 0.25) is 6.29 Å². The second-order valence-corrected chi connectivity index (χ2v) is 6.62. The molecule has 0 unspecified atom stereocenters. The largest absolute Gasteiger partial charge is 0.370 e. The van der Waals surface area contributed by atoms with E-state index in [0.29, 0.717) is 0 Å². The minimum absolute atomic E-state index is 0.128. The lowest BCUT2D eigenvalue weighted by Crippen LogP contribution is -2.65. The molecular weight excluding hydrogens is 360 g/mol. The first-order valence-corrected chi connectivity index (χ1v) is 8.38. The van der Waals surface area contributed by atoms with Gasteiger partial charge in [-0.1, -0.05) is 35.4 Å². The summed E-state index contributed by atoms with van der Waals surface area (Å²) in [4.78, 5) is 18.2. The molecule has 0 bridgehead atoms. The predicted molar refractivity (Wildman–Crippen MR) is 89.6 cm³/mol. The third-order valence-corrected chi connectivity index (χ3v) is 4.29. The van der Waals surface area contributed by atoms with E-state index < -0.39 is 41.5 Å². The van der Waals surface area contributed by atoms with Gasteiger partial charge in [-0.2, -0.15) is 0 Å². The number of rotatable bonds is 6. The highest BCUT2D eigenvalue weighted by Gasteiger charge is 2.53. The van der Waals surface area contributed by atoms with Crippen molar-refractivity contribution in [2.24, 2.45) is 5.11 Å². The van der Waals surface area contributed by atoms with E-state index in [2.05, 4.69) is 14.9 Å². The van der Waals surface area contributed by atoms with Crippen LogP contribution >= 0.6 is 0 Å². The summed E-state index contributed by atoms with van der Waals surface area (Å²) in [6.07, 6.45) is -3.58. The molecule has 11 nitrogen and oxygen atoms in total. The lowest BCUT2D eigenvalue weighted by molar-refractivity contribution is -0.784. The molecule has 0 aromatic heterocycles. The quantitative estimate of drug-likeness (QED) is 0.243. The predicted octanol–water partition coefficient (Wildman–Crippen LogP) is 2.34. The van der Waals surface area contributed by atoms with Crippen molar-refractivity contribution in [1.29, 1.82) is 0 Å². The molecule has 146 valence electrons. The van der Waals surface area contributed by atoms with E-state index in [1.165, 1.54) is 0 Å². The number of ether oxygens (including phenoxy) is 4. The topological polar surface area (TPSA) is 138 Å². The Kier molecular flexibility index (Phi) is 5.78. The van der Waals surface area contributed by atoms with Gasteiger partial charge in [0.15, 0.2) is 5.79 Å². The Morgan fingerprint density at radius 1 is 1.41 bits per heavy atom. The molecule has 2 aliphatic rings. The fraction of sp³-hybridized carbons (Fsp3) is 0.625. The molecule has 2 heterocycles. The molecule has 0 spiro atoms.